The van der Waals surface area contributed by atoms with E-state index in [1.54, 1.807) is 7.05 Å². The van der Waals surface area contributed by atoms with Gasteiger partial charge in [-0.2, -0.15) is 0 Å². The molecule has 3 heterocycles. The molecule has 0 aliphatic carbocycles. The van der Waals surface area contributed by atoms with Crippen LogP contribution in [0, 0.1) is 0 Å². The number of methoxy groups -OCH3 is 1. The van der Waals surface area contributed by atoms with Gasteiger partial charge in [0.15, 0.2) is 0 Å². The van der Waals surface area contributed by atoms with Gasteiger partial charge in [-0.25, -0.2) is 9.48 Å². The van der Waals surface area contributed by atoms with E-state index in [4.69, 9.17) is 22.1 Å². The number of ether oxygens (including phenoxy) is 1. The number of carboxylic acid groups (broad SMARTS) is 2. The number of β-lactam (4-membered cyclic amide) rings is 1. The van der Waals surface area contributed by atoms with Gasteiger partial charge in [-0.05, 0) is 28.8 Å². The van der Waals surface area contributed by atoms with E-state index in [2.05, 4.69) is 20.8 Å². The number of fused-ring (bicyclic) bond motifs is 1. The Bertz CT molecular complexity index is 952. The number of carboxylic acids is 2. The summed E-state index contributed by atoms with van der Waals surface area (Å²) in [5, 5.41) is 32.5. The number of aromatic nitrogens is 4. The van der Waals surface area contributed by atoms with Crippen LogP contribution in [0.4, 0.5) is 0 Å². The minimum absolute atomic E-state index is 0.0476. The first-order valence-electron chi connectivity index (χ1n) is 9.05. The van der Waals surface area contributed by atoms with Crippen LogP contribution in [0.15, 0.2) is 16.4 Å². The van der Waals surface area contributed by atoms with Crippen LogP contribution in [0.2, 0.25) is 0 Å². The zero-order valence-electron chi connectivity index (χ0n) is 16.6. The Morgan fingerprint density at radius 2 is 2.16 bits per heavy atom. The van der Waals surface area contributed by atoms with E-state index < -0.39 is 28.9 Å². The monoisotopic (exact) mass is 488 g/mol. The highest BCUT2D eigenvalue weighted by Gasteiger charge is 2.66. The summed E-state index contributed by atoms with van der Waals surface area (Å²) in [5.74, 6) is -2.03. The summed E-state index contributed by atoms with van der Waals surface area (Å²) in [4.78, 5) is 37.2. The molecule has 1 fully saturated rings. The lowest BCUT2D eigenvalue weighted by Crippen LogP contribution is -2.80. The predicted octanol–water partition coefficient (Wildman–Crippen LogP) is 0.0706. The third kappa shape index (κ3) is 4.53. The van der Waals surface area contributed by atoms with Crippen LogP contribution in [0.3, 0.4) is 0 Å². The largest absolute Gasteiger partial charge is 0.481 e. The molecule has 15 heteroatoms. The first kappa shape index (κ1) is 23.4. The SMILES string of the molecule is CO[C@@]1(NC(=S)CCCC(=O)O)C(=O)N2C(C(=O)O)=C(CSc3nnnn3C)CS[C@H]21. The van der Waals surface area contributed by atoms with Gasteiger partial charge in [-0.1, -0.05) is 24.0 Å². The molecule has 2 aliphatic rings. The molecule has 0 unspecified atom stereocenters. The molecule has 168 valence electrons. The lowest BCUT2D eigenvalue weighted by molar-refractivity contribution is -0.187. The first-order chi connectivity index (χ1) is 14.7. The number of carbonyl (C=O) groups is 3. The molecule has 0 radical (unpaired) electrons. The number of nitrogens with zero attached hydrogens (tertiary/aromatic N) is 5. The lowest BCUT2D eigenvalue weighted by atomic mass is 9.98. The van der Waals surface area contributed by atoms with Gasteiger partial charge in [0, 0.05) is 32.1 Å². The van der Waals surface area contributed by atoms with Crippen molar-refractivity contribution in [1.29, 1.82) is 0 Å². The molecule has 0 aromatic carbocycles. The number of aliphatic carboxylic acids is 2. The topological polar surface area (TPSA) is 160 Å². The standard InChI is InChI=1S/C16H20N6O6S3/c1-21-15(18-19-20-21)31-7-8-6-30-14-16(28-2,13(27)22(14)11(8)12(25)26)17-9(29)4-3-5-10(23)24/h14H,3-7H2,1-2H3,(H,17,29)(H,23,24)(H,25,26)/t14-,16-/m0/s1. The zero-order chi connectivity index (χ0) is 22.8. The molecular formula is C16H20N6O6S3. The second-order valence-corrected chi connectivity index (χ2v) is 9.21. The highest BCUT2D eigenvalue weighted by molar-refractivity contribution is 8.01. The maximum absolute atomic E-state index is 13.0. The molecule has 3 rings (SSSR count). The quantitative estimate of drug-likeness (QED) is 0.176. The Labute approximate surface area is 190 Å². The Morgan fingerprint density at radius 3 is 2.74 bits per heavy atom. The average Bonchev–Trinajstić information content (AvgIpc) is 3.13. The summed E-state index contributed by atoms with van der Waals surface area (Å²) in [7, 11) is 3.02. The van der Waals surface area contributed by atoms with E-state index in [0.29, 0.717) is 28.7 Å². The molecule has 2 aliphatic heterocycles. The summed E-state index contributed by atoms with van der Waals surface area (Å²) in [6.07, 6.45) is 0.538. The Morgan fingerprint density at radius 1 is 1.42 bits per heavy atom. The van der Waals surface area contributed by atoms with E-state index in [9.17, 15) is 19.5 Å². The molecule has 12 nitrogen and oxygen atoms in total. The van der Waals surface area contributed by atoms with Gasteiger partial charge in [-0.3, -0.25) is 14.5 Å². The minimum Gasteiger partial charge on any atom is -0.481 e. The molecule has 3 N–H and O–H groups in total. The van der Waals surface area contributed by atoms with Crippen molar-refractivity contribution in [1.82, 2.24) is 30.4 Å². The molecule has 1 aromatic heterocycles. The van der Waals surface area contributed by atoms with E-state index in [0.717, 1.165) is 0 Å². The van der Waals surface area contributed by atoms with Gasteiger partial charge in [0.2, 0.25) is 5.16 Å². The Balaban J connectivity index is 1.75. The van der Waals surface area contributed by atoms with Crippen molar-refractivity contribution in [3.63, 3.8) is 0 Å². The second-order valence-electron chi connectivity index (χ2n) is 6.70. The van der Waals surface area contributed by atoms with Gasteiger partial charge < -0.3 is 20.3 Å². The average molecular weight is 489 g/mol. The molecule has 31 heavy (non-hydrogen) atoms. The number of amides is 1. The van der Waals surface area contributed by atoms with Gasteiger partial charge in [0.05, 0.1) is 4.99 Å². The maximum Gasteiger partial charge on any atom is 0.352 e. The van der Waals surface area contributed by atoms with Crippen molar-refractivity contribution in [2.24, 2.45) is 7.05 Å². The van der Waals surface area contributed by atoms with E-state index in [-0.39, 0.29) is 23.5 Å². The number of thioether (sulfide) groups is 2. The van der Waals surface area contributed by atoms with Crippen LogP contribution in [-0.2, 0) is 26.2 Å². The van der Waals surface area contributed by atoms with Crippen molar-refractivity contribution in [2.45, 2.75) is 35.5 Å². The molecule has 0 saturated carbocycles. The number of nitrogens with one attached hydrogen (secondary N) is 1. The number of tetrazole rings is 1. The first-order valence-corrected chi connectivity index (χ1v) is 11.5. The minimum atomic E-state index is -1.49. The number of hydrogen-bond donors (Lipinski definition) is 3. The number of hydrogen-bond acceptors (Lipinski definition) is 10. The van der Waals surface area contributed by atoms with Crippen LogP contribution < -0.4 is 5.32 Å². The van der Waals surface area contributed by atoms with Gasteiger partial charge in [0.25, 0.3) is 11.6 Å². The van der Waals surface area contributed by atoms with E-state index in [1.165, 1.54) is 40.2 Å². The third-order valence-electron chi connectivity index (χ3n) is 4.71. The van der Waals surface area contributed by atoms with Crippen molar-refractivity contribution in [3.8, 4) is 0 Å². The third-order valence-corrected chi connectivity index (χ3v) is 7.49. The van der Waals surface area contributed by atoms with Crippen molar-refractivity contribution >= 4 is 58.6 Å². The molecular weight excluding hydrogens is 468 g/mol. The maximum atomic E-state index is 13.0. The summed E-state index contributed by atoms with van der Waals surface area (Å²) in [6.45, 7) is 0. The van der Waals surface area contributed by atoms with Gasteiger partial charge in [0.1, 0.15) is 11.1 Å². The number of carbonyl (C=O) groups excluding carboxylic acids is 1. The smallest absolute Gasteiger partial charge is 0.352 e. The Hall–Kier alpha value is -2.23. The van der Waals surface area contributed by atoms with Crippen molar-refractivity contribution < 1.29 is 29.3 Å². The van der Waals surface area contributed by atoms with E-state index in [1.807, 2.05) is 0 Å². The highest BCUT2D eigenvalue weighted by Crippen LogP contribution is 2.47. The summed E-state index contributed by atoms with van der Waals surface area (Å²) in [5.41, 5.74) is -0.996. The van der Waals surface area contributed by atoms with Crippen LogP contribution in [0.5, 0.6) is 0 Å². The molecule has 0 spiro atoms. The van der Waals surface area contributed by atoms with Gasteiger partial charge >= 0.3 is 11.9 Å². The highest BCUT2D eigenvalue weighted by atomic mass is 32.2. The number of rotatable bonds is 10. The molecule has 0 bridgehead atoms. The lowest BCUT2D eigenvalue weighted by Gasteiger charge is -2.56. The Kier molecular flexibility index (Phi) is 7.18. The predicted molar refractivity (Wildman–Crippen MR) is 114 cm³/mol. The van der Waals surface area contributed by atoms with Crippen LogP contribution >= 0.6 is 35.7 Å². The van der Waals surface area contributed by atoms with Crippen LogP contribution in [-0.4, -0.2) is 87.9 Å². The number of thiocarbonyl (C=S) groups is 1. The molecule has 1 aromatic rings. The van der Waals surface area contributed by atoms with Crippen molar-refractivity contribution in [3.05, 3.63) is 11.3 Å². The van der Waals surface area contributed by atoms with Crippen LogP contribution in [0.25, 0.3) is 0 Å². The number of aryl methyl sites for hydroxylation is 1. The summed E-state index contributed by atoms with van der Waals surface area (Å²) >= 11 is 7.89. The molecule has 2 atom stereocenters. The normalized spacial score (nSPS) is 22.7. The van der Waals surface area contributed by atoms with Gasteiger partial charge in [-0.15, -0.1) is 16.9 Å². The van der Waals surface area contributed by atoms with Crippen LogP contribution in [0.1, 0.15) is 19.3 Å². The van der Waals surface area contributed by atoms with E-state index >= 15 is 0 Å². The fourth-order valence-electron chi connectivity index (χ4n) is 3.22. The van der Waals surface area contributed by atoms with Crippen molar-refractivity contribution in [2.75, 3.05) is 18.6 Å². The summed E-state index contributed by atoms with van der Waals surface area (Å²) < 4.78 is 6.95. The molecule has 1 amide bonds. The molecule has 1 saturated heterocycles. The summed E-state index contributed by atoms with van der Waals surface area (Å²) in [6, 6.07) is 0. The fourth-order valence-corrected chi connectivity index (χ4v) is 5.94. The second kappa shape index (κ2) is 9.50. The zero-order valence-corrected chi connectivity index (χ0v) is 19.1. The fraction of sp³-hybridized carbons (Fsp3) is 0.562.